The molecule has 1 N–H and O–H groups in total. The van der Waals surface area contributed by atoms with E-state index in [2.05, 4.69) is 0 Å². The van der Waals surface area contributed by atoms with E-state index in [1.54, 1.807) is 36.4 Å². The Kier molecular flexibility index (Phi) is 8.16. The van der Waals surface area contributed by atoms with Crippen molar-refractivity contribution in [1.29, 1.82) is 0 Å². The third-order valence-electron chi connectivity index (χ3n) is 8.49. The second-order valence-corrected chi connectivity index (χ2v) is 15.3. The molecular formula is C32H33NO8S2. The maximum Gasteiger partial charge on any atom is 0.416 e. The van der Waals surface area contributed by atoms with Gasteiger partial charge in [-0.25, -0.2) is 21.6 Å². The van der Waals surface area contributed by atoms with E-state index in [1.807, 2.05) is 30.3 Å². The van der Waals surface area contributed by atoms with Crippen LogP contribution in [0.3, 0.4) is 0 Å². The standard InChI is InChI=1S/C32H33NO8S2/c34-26-20-23(12-9-19-40-21-22-10-3-1-4-11-22)33(32(35)41-24-13-5-2-6-14-24)30-25(26)17-18-29-31(30)43(38,39)28-16-8-7-15-27(28)42(29,36)37/h1-8,10-11,13-17,23,26,29-31,34H,9,12,18-21H2/t23-,26+,29-,30+,31-/m0/s1. The zero-order valence-electron chi connectivity index (χ0n) is 23.4. The van der Waals surface area contributed by atoms with Crippen LogP contribution in [0.25, 0.3) is 0 Å². The molecule has 1 amide bonds. The second kappa shape index (κ2) is 11.9. The summed E-state index contributed by atoms with van der Waals surface area (Å²) in [5.41, 5.74) is 1.36. The van der Waals surface area contributed by atoms with Crippen LogP contribution in [-0.2, 0) is 31.0 Å². The van der Waals surface area contributed by atoms with Crippen molar-refractivity contribution in [2.24, 2.45) is 0 Å². The first-order valence-corrected chi connectivity index (χ1v) is 17.4. The number of piperidine rings is 1. The molecule has 9 nitrogen and oxygen atoms in total. The highest BCUT2D eigenvalue weighted by molar-refractivity contribution is 7.98. The summed E-state index contributed by atoms with van der Waals surface area (Å²) < 4.78 is 67.5. The molecule has 1 saturated heterocycles. The van der Waals surface area contributed by atoms with Gasteiger partial charge in [-0.3, -0.25) is 4.90 Å². The number of likely N-dealkylation sites (tertiary alicyclic amines) is 1. The molecule has 226 valence electrons. The summed E-state index contributed by atoms with van der Waals surface area (Å²) in [5.74, 6) is 0.269. The number of nitrogens with zero attached hydrogens (tertiary/aromatic N) is 1. The van der Waals surface area contributed by atoms with E-state index in [4.69, 9.17) is 9.47 Å². The number of aliphatic hydroxyl groups is 1. The molecule has 3 aromatic rings. The Morgan fingerprint density at radius 1 is 0.860 bits per heavy atom. The van der Waals surface area contributed by atoms with Crippen LogP contribution in [0.1, 0.15) is 31.2 Å². The van der Waals surface area contributed by atoms with Gasteiger partial charge in [0.2, 0.25) is 0 Å². The molecule has 2 aliphatic heterocycles. The van der Waals surface area contributed by atoms with Gasteiger partial charge in [-0.1, -0.05) is 66.7 Å². The van der Waals surface area contributed by atoms with Gasteiger partial charge in [-0.15, -0.1) is 0 Å². The molecule has 2 heterocycles. The largest absolute Gasteiger partial charge is 0.416 e. The van der Waals surface area contributed by atoms with Gasteiger partial charge >= 0.3 is 6.09 Å². The number of para-hydroxylation sites is 1. The molecule has 0 aromatic heterocycles. The summed E-state index contributed by atoms with van der Waals surface area (Å²) in [7, 11) is -8.30. The predicted molar refractivity (Wildman–Crippen MR) is 159 cm³/mol. The Labute approximate surface area is 251 Å². The molecule has 43 heavy (non-hydrogen) atoms. The first-order chi connectivity index (χ1) is 20.7. The summed E-state index contributed by atoms with van der Waals surface area (Å²) in [5, 5.41) is 8.47. The number of carbonyl (C=O) groups is 1. The lowest BCUT2D eigenvalue weighted by Gasteiger charge is -2.51. The van der Waals surface area contributed by atoms with Crippen LogP contribution in [0.5, 0.6) is 5.75 Å². The number of allylic oxidation sites excluding steroid dienone is 1. The summed E-state index contributed by atoms with van der Waals surface area (Å²) in [6.07, 6.45) is 0.745. The van der Waals surface area contributed by atoms with Crippen molar-refractivity contribution in [3.05, 3.63) is 102 Å². The molecule has 0 unspecified atom stereocenters. The van der Waals surface area contributed by atoms with E-state index in [0.29, 0.717) is 31.6 Å². The van der Waals surface area contributed by atoms with Crippen molar-refractivity contribution in [2.45, 2.75) is 70.8 Å². The fourth-order valence-electron chi connectivity index (χ4n) is 6.54. The van der Waals surface area contributed by atoms with E-state index in [-0.39, 0.29) is 28.4 Å². The monoisotopic (exact) mass is 623 g/mol. The van der Waals surface area contributed by atoms with Crippen molar-refractivity contribution in [2.75, 3.05) is 6.61 Å². The highest BCUT2D eigenvalue weighted by Gasteiger charge is 2.59. The number of fused-ring (bicyclic) bond motifs is 4. The van der Waals surface area contributed by atoms with Crippen molar-refractivity contribution in [1.82, 2.24) is 4.90 Å². The second-order valence-electron chi connectivity index (χ2n) is 11.1. The first kappa shape index (κ1) is 29.6. The first-order valence-electron chi connectivity index (χ1n) is 14.3. The van der Waals surface area contributed by atoms with Gasteiger partial charge in [-0.05, 0) is 61.1 Å². The molecule has 0 spiro atoms. The van der Waals surface area contributed by atoms with E-state index in [1.165, 1.54) is 29.2 Å². The molecule has 11 heteroatoms. The van der Waals surface area contributed by atoms with Gasteiger partial charge in [-0.2, -0.15) is 0 Å². The number of hydrogen-bond acceptors (Lipinski definition) is 8. The lowest BCUT2D eigenvalue weighted by Crippen LogP contribution is -2.66. The summed E-state index contributed by atoms with van der Waals surface area (Å²) in [4.78, 5) is 14.8. The Hall–Kier alpha value is -3.51. The Morgan fingerprint density at radius 2 is 1.49 bits per heavy atom. The van der Waals surface area contributed by atoms with Crippen LogP contribution in [0.15, 0.2) is 106 Å². The average molecular weight is 624 g/mol. The molecule has 6 rings (SSSR count). The van der Waals surface area contributed by atoms with Gasteiger partial charge in [0.05, 0.1) is 33.8 Å². The van der Waals surface area contributed by atoms with Crippen LogP contribution in [0, 0.1) is 0 Å². The number of carbonyl (C=O) groups excluding carboxylic acids is 1. The van der Waals surface area contributed by atoms with Gasteiger partial charge < -0.3 is 14.6 Å². The molecule has 1 fully saturated rings. The minimum absolute atomic E-state index is 0.0803. The maximum absolute atomic E-state index is 14.2. The zero-order chi connectivity index (χ0) is 30.2. The van der Waals surface area contributed by atoms with Crippen LogP contribution in [-0.4, -0.2) is 68.2 Å². The predicted octanol–water partition coefficient (Wildman–Crippen LogP) is 4.31. The number of amides is 1. The fourth-order valence-corrected chi connectivity index (χ4v) is 12.0. The third kappa shape index (κ3) is 5.50. The summed E-state index contributed by atoms with van der Waals surface area (Å²) >= 11 is 0. The SMILES string of the molecule is O=C(Oc1ccccc1)N1[C@@H](CCCOCc2ccccc2)C[C@@H](O)C2=CC[C@H]3[C@@H]([C@@H]21)S(=O)(=O)c1ccccc1S3(=O)=O. The van der Waals surface area contributed by atoms with Crippen molar-refractivity contribution >= 4 is 25.8 Å². The van der Waals surface area contributed by atoms with Gasteiger partial charge in [0.1, 0.15) is 11.0 Å². The minimum atomic E-state index is -4.24. The number of ether oxygens (including phenoxy) is 2. The molecule has 0 bridgehead atoms. The van der Waals surface area contributed by atoms with Gasteiger partial charge in [0.15, 0.2) is 19.7 Å². The number of aliphatic hydroxyl groups excluding tert-OH is 1. The summed E-state index contributed by atoms with van der Waals surface area (Å²) in [6, 6.07) is 21.9. The van der Waals surface area contributed by atoms with E-state index < -0.39 is 54.5 Å². The molecule has 1 aliphatic carbocycles. The highest BCUT2D eigenvalue weighted by atomic mass is 32.2. The van der Waals surface area contributed by atoms with Crippen molar-refractivity contribution in [3.8, 4) is 5.75 Å². The molecule has 3 aromatic carbocycles. The molecule has 5 atom stereocenters. The van der Waals surface area contributed by atoms with Gasteiger partial charge in [0, 0.05) is 12.6 Å². The van der Waals surface area contributed by atoms with Crippen molar-refractivity contribution in [3.63, 3.8) is 0 Å². The zero-order valence-corrected chi connectivity index (χ0v) is 25.0. The number of rotatable bonds is 7. The van der Waals surface area contributed by atoms with Gasteiger partial charge in [0.25, 0.3) is 0 Å². The van der Waals surface area contributed by atoms with Crippen LogP contribution in [0.2, 0.25) is 0 Å². The normalized spacial score (nSPS) is 26.8. The van der Waals surface area contributed by atoms with Crippen LogP contribution >= 0.6 is 0 Å². The number of benzene rings is 3. The molecule has 0 saturated carbocycles. The van der Waals surface area contributed by atoms with Crippen molar-refractivity contribution < 1.29 is 36.2 Å². The Balaban J connectivity index is 1.34. The van der Waals surface area contributed by atoms with E-state index >= 15 is 0 Å². The maximum atomic E-state index is 14.2. The lowest BCUT2D eigenvalue weighted by atomic mass is 9.80. The molecule has 3 aliphatic rings. The lowest BCUT2D eigenvalue weighted by molar-refractivity contribution is 0.0368. The topological polar surface area (TPSA) is 127 Å². The van der Waals surface area contributed by atoms with E-state index in [9.17, 15) is 26.7 Å². The number of sulfone groups is 2. The average Bonchev–Trinajstić information content (AvgIpc) is 3.01. The summed E-state index contributed by atoms with van der Waals surface area (Å²) in [6.45, 7) is 0.797. The fraction of sp³-hybridized carbons (Fsp3) is 0.344. The minimum Gasteiger partial charge on any atom is -0.410 e. The third-order valence-corrected chi connectivity index (χ3v) is 13.3. The smallest absolute Gasteiger partial charge is 0.410 e. The quantitative estimate of drug-likeness (QED) is 0.305. The van der Waals surface area contributed by atoms with Crippen LogP contribution in [0.4, 0.5) is 4.79 Å². The number of hydrogen-bond donors (Lipinski definition) is 1. The highest BCUT2D eigenvalue weighted by Crippen LogP contribution is 2.47. The Bertz CT molecular complexity index is 1730. The van der Waals surface area contributed by atoms with Crippen LogP contribution < -0.4 is 4.74 Å². The van der Waals surface area contributed by atoms with E-state index in [0.717, 1.165) is 5.56 Å². The molecular weight excluding hydrogens is 590 g/mol. The molecule has 0 radical (unpaired) electrons. The Morgan fingerprint density at radius 3 is 2.19 bits per heavy atom.